The lowest BCUT2D eigenvalue weighted by Gasteiger charge is -2.38. The molecule has 4 nitrogen and oxygen atoms in total. The van der Waals surface area contributed by atoms with Crippen LogP contribution in [0.5, 0.6) is 0 Å². The summed E-state index contributed by atoms with van der Waals surface area (Å²) in [5.41, 5.74) is 2.09. The smallest absolute Gasteiger partial charge is 0.435 e. The van der Waals surface area contributed by atoms with Crippen molar-refractivity contribution in [1.82, 2.24) is 9.38 Å². The Balaban J connectivity index is 2.41. The number of carboxylic acid groups (broad SMARTS) is 1. The normalized spacial score (nSPS) is 19.2. The lowest BCUT2D eigenvalue weighted by Crippen LogP contribution is -2.58. The van der Waals surface area contributed by atoms with Gasteiger partial charge in [0, 0.05) is 30.9 Å². The molecule has 1 aliphatic rings. The third kappa shape index (κ3) is 3.81. The fourth-order valence-electron chi connectivity index (χ4n) is 4.17. The van der Waals surface area contributed by atoms with E-state index in [9.17, 15) is 9.90 Å². The largest absolute Gasteiger partial charge is 0.518 e. The summed E-state index contributed by atoms with van der Waals surface area (Å²) in [6, 6.07) is 8.41. The van der Waals surface area contributed by atoms with Crippen molar-refractivity contribution in [2.45, 2.75) is 57.4 Å². The zero-order valence-corrected chi connectivity index (χ0v) is 15.9. The summed E-state index contributed by atoms with van der Waals surface area (Å²) in [7, 11) is 6.02. The van der Waals surface area contributed by atoms with Crippen LogP contribution in [0.25, 0.3) is 0 Å². The second kappa shape index (κ2) is 7.24. The standard InChI is InChI=1S/C20H32N2O2/c1-20(2,15-21(3)4)16-10-9-13-18(14-16)22(5,19(23)24)17-11-7-6-8-12-17/h9-10,13-14,17H,6-8,11-12,15H2,1-5H3/p+1. The molecule has 1 aromatic rings. The van der Waals surface area contributed by atoms with Crippen LogP contribution in [-0.4, -0.2) is 49.8 Å². The van der Waals surface area contributed by atoms with Crippen LogP contribution in [0.4, 0.5) is 10.5 Å². The topological polar surface area (TPSA) is 40.5 Å². The minimum atomic E-state index is -0.746. The molecule has 1 unspecified atom stereocenters. The molecule has 1 atom stereocenters. The van der Waals surface area contributed by atoms with Crippen LogP contribution in [0.2, 0.25) is 0 Å². The third-order valence-electron chi connectivity index (χ3n) is 5.58. The van der Waals surface area contributed by atoms with Crippen LogP contribution in [0.1, 0.15) is 51.5 Å². The number of hydrogen-bond donors (Lipinski definition) is 1. The van der Waals surface area contributed by atoms with E-state index in [0.717, 1.165) is 37.9 Å². The Hall–Kier alpha value is -1.39. The molecule has 24 heavy (non-hydrogen) atoms. The fraction of sp³-hybridized carbons (Fsp3) is 0.650. The molecular weight excluding hydrogens is 300 g/mol. The second-order valence-electron chi connectivity index (χ2n) is 8.32. The van der Waals surface area contributed by atoms with E-state index in [1.165, 1.54) is 12.0 Å². The number of carbonyl (C=O) groups is 1. The summed E-state index contributed by atoms with van der Waals surface area (Å²) in [5.74, 6) is 0. The Morgan fingerprint density at radius 3 is 2.42 bits per heavy atom. The molecule has 134 valence electrons. The number of amides is 1. The van der Waals surface area contributed by atoms with E-state index >= 15 is 0 Å². The summed E-state index contributed by atoms with van der Waals surface area (Å²) in [6.45, 7) is 5.37. The SMILES string of the molecule is CN(C)CC(C)(C)c1cccc([N+](C)(C(=O)O)C2CCCCC2)c1. The van der Waals surface area contributed by atoms with Gasteiger partial charge >= 0.3 is 6.09 Å². The van der Waals surface area contributed by atoms with Gasteiger partial charge in [-0.3, -0.25) is 0 Å². The zero-order valence-electron chi connectivity index (χ0n) is 15.9. The minimum absolute atomic E-state index is 0.00584. The first kappa shape index (κ1) is 18.9. The highest BCUT2D eigenvalue weighted by Gasteiger charge is 2.43. The van der Waals surface area contributed by atoms with Crippen molar-refractivity contribution in [3.63, 3.8) is 0 Å². The van der Waals surface area contributed by atoms with E-state index in [0.29, 0.717) is 0 Å². The van der Waals surface area contributed by atoms with Gasteiger partial charge in [0.05, 0.1) is 7.05 Å². The van der Waals surface area contributed by atoms with Gasteiger partial charge in [0.1, 0.15) is 11.7 Å². The van der Waals surface area contributed by atoms with E-state index in [-0.39, 0.29) is 15.9 Å². The highest BCUT2D eigenvalue weighted by atomic mass is 16.4. The Kier molecular flexibility index (Phi) is 5.71. The number of likely N-dealkylation sites (N-methyl/N-ethyl adjacent to an activating group) is 1. The van der Waals surface area contributed by atoms with E-state index in [2.05, 4.69) is 45.0 Å². The molecule has 1 aliphatic carbocycles. The molecule has 1 amide bonds. The van der Waals surface area contributed by atoms with Crippen molar-refractivity contribution >= 4 is 11.8 Å². The van der Waals surface area contributed by atoms with Gasteiger partial charge in [0.15, 0.2) is 0 Å². The Morgan fingerprint density at radius 1 is 1.25 bits per heavy atom. The van der Waals surface area contributed by atoms with Gasteiger partial charge in [-0.1, -0.05) is 32.4 Å². The molecule has 0 aliphatic heterocycles. The average Bonchev–Trinajstić information content (AvgIpc) is 2.53. The second-order valence-corrected chi connectivity index (χ2v) is 8.32. The number of nitrogens with zero attached hydrogens (tertiary/aromatic N) is 2. The Bertz CT molecular complexity index is 577. The van der Waals surface area contributed by atoms with Crippen molar-refractivity contribution in [2.75, 3.05) is 27.7 Å². The molecule has 1 fully saturated rings. The first-order valence-electron chi connectivity index (χ1n) is 9.03. The Labute approximate surface area is 146 Å². The molecule has 0 saturated heterocycles. The molecule has 0 spiro atoms. The van der Waals surface area contributed by atoms with Gasteiger partial charge in [-0.05, 0) is 38.6 Å². The number of rotatable bonds is 5. The quantitative estimate of drug-likeness (QED) is 0.808. The first-order valence-corrected chi connectivity index (χ1v) is 9.03. The third-order valence-corrected chi connectivity index (χ3v) is 5.58. The maximum absolute atomic E-state index is 12.2. The van der Waals surface area contributed by atoms with Crippen molar-refractivity contribution in [3.8, 4) is 0 Å². The van der Waals surface area contributed by atoms with Crippen LogP contribution < -0.4 is 4.48 Å². The summed E-state index contributed by atoms with van der Waals surface area (Å²) < 4.78 is 0.00584. The van der Waals surface area contributed by atoms with Gasteiger partial charge in [-0.15, -0.1) is 0 Å². The minimum Gasteiger partial charge on any atom is -0.435 e. The average molecular weight is 333 g/mol. The predicted molar refractivity (Wildman–Crippen MR) is 101 cm³/mol. The van der Waals surface area contributed by atoms with Crippen LogP contribution in [0.15, 0.2) is 24.3 Å². The van der Waals surface area contributed by atoms with E-state index in [1.54, 1.807) is 0 Å². The highest BCUT2D eigenvalue weighted by Crippen LogP contribution is 2.35. The monoisotopic (exact) mass is 333 g/mol. The van der Waals surface area contributed by atoms with Crippen molar-refractivity contribution in [2.24, 2.45) is 0 Å². The lowest BCUT2D eigenvalue weighted by atomic mass is 9.83. The highest BCUT2D eigenvalue weighted by molar-refractivity contribution is 5.81. The van der Waals surface area contributed by atoms with E-state index < -0.39 is 6.09 Å². The number of benzene rings is 1. The van der Waals surface area contributed by atoms with Gasteiger partial charge in [0.25, 0.3) is 0 Å². The fourth-order valence-corrected chi connectivity index (χ4v) is 4.17. The zero-order chi connectivity index (χ0) is 18.0. The molecule has 1 aromatic carbocycles. The summed E-state index contributed by atoms with van der Waals surface area (Å²) >= 11 is 0. The van der Waals surface area contributed by atoms with E-state index in [1.807, 2.05) is 19.2 Å². The number of hydrogen-bond acceptors (Lipinski definition) is 2. The maximum Gasteiger partial charge on any atom is 0.518 e. The summed E-state index contributed by atoms with van der Waals surface area (Å²) in [6.07, 6.45) is 4.74. The Morgan fingerprint density at radius 2 is 1.88 bits per heavy atom. The van der Waals surface area contributed by atoms with Crippen molar-refractivity contribution in [3.05, 3.63) is 29.8 Å². The molecule has 1 saturated carbocycles. The lowest BCUT2D eigenvalue weighted by molar-refractivity contribution is 0.128. The van der Waals surface area contributed by atoms with Crippen LogP contribution >= 0.6 is 0 Å². The molecule has 0 heterocycles. The molecule has 0 radical (unpaired) electrons. The van der Waals surface area contributed by atoms with Gasteiger partial charge in [-0.25, -0.2) is 0 Å². The van der Waals surface area contributed by atoms with Crippen LogP contribution in [0, 0.1) is 0 Å². The van der Waals surface area contributed by atoms with E-state index in [4.69, 9.17) is 0 Å². The molecule has 0 aromatic heterocycles. The first-order chi connectivity index (χ1) is 11.2. The molecule has 1 N–H and O–H groups in total. The van der Waals surface area contributed by atoms with Gasteiger partial charge in [-0.2, -0.15) is 9.28 Å². The van der Waals surface area contributed by atoms with Crippen LogP contribution in [-0.2, 0) is 5.41 Å². The molecular formula is C20H33N2O2+. The molecule has 4 heteroatoms. The summed E-state index contributed by atoms with van der Waals surface area (Å²) in [5, 5.41) is 10.0. The van der Waals surface area contributed by atoms with Crippen molar-refractivity contribution in [1.29, 1.82) is 0 Å². The molecule has 0 bridgehead atoms. The predicted octanol–water partition coefficient (Wildman–Crippen LogP) is 4.47. The van der Waals surface area contributed by atoms with Crippen molar-refractivity contribution < 1.29 is 9.90 Å². The van der Waals surface area contributed by atoms with Gasteiger partial charge in [0.2, 0.25) is 0 Å². The number of quaternary nitrogens is 1. The van der Waals surface area contributed by atoms with Gasteiger partial charge < -0.3 is 10.0 Å². The van der Waals surface area contributed by atoms with Crippen LogP contribution in [0.3, 0.4) is 0 Å². The maximum atomic E-state index is 12.2. The summed E-state index contributed by atoms with van der Waals surface area (Å²) in [4.78, 5) is 14.4. The molecule has 2 rings (SSSR count).